The van der Waals surface area contributed by atoms with Crippen molar-refractivity contribution in [3.63, 3.8) is 0 Å². The molecule has 1 heterocycles. The number of benzene rings is 1. The molecule has 1 fully saturated rings. The van der Waals surface area contributed by atoms with Crippen molar-refractivity contribution in [2.75, 3.05) is 32.8 Å². The highest BCUT2D eigenvalue weighted by Gasteiger charge is 2.25. The minimum Gasteiger partial charge on any atom is -0.390 e. The van der Waals surface area contributed by atoms with E-state index >= 15 is 0 Å². The van der Waals surface area contributed by atoms with Gasteiger partial charge in [-0.15, -0.1) is 0 Å². The van der Waals surface area contributed by atoms with Gasteiger partial charge in [0, 0.05) is 39.0 Å². The van der Waals surface area contributed by atoms with Crippen LogP contribution in [0.3, 0.4) is 0 Å². The van der Waals surface area contributed by atoms with Crippen molar-refractivity contribution in [3.8, 4) is 6.07 Å². The first-order valence-electron chi connectivity index (χ1n) is 9.49. The lowest BCUT2D eigenvalue weighted by Gasteiger charge is -2.32. The Kier molecular flexibility index (Phi) is 8.71. The normalized spacial score (nSPS) is 15.5. The quantitative estimate of drug-likeness (QED) is 0.420. The van der Waals surface area contributed by atoms with Crippen LogP contribution in [0.4, 0.5) is 0 Å². The molecule has 2 rings (SSSR count). The van der Waals surface area contributed by atoms with Crippen LogP contribution in [0.2, 0.25) is 0 Å². The number of ether oxygens (including phenoxy) is 1. The van der Waals surface area contributed by atoms with Gasteiger partial charge in [-0.1, -0.05) is 30.3 Å². The Morgan fingerprint density at radius 3 is 2.73 bits per heavy atom. The molecular weight excluding hydrogens is 326 g/mol. The molecule has 5 heteroatoms. The summed E-state index contributed by atoms with van der Waals surface area (Å²) in [5.41, 5.74) is 1.54. The summed E-state index contributed by atoms with van der Waals surface area (Å²) in [4.78, 5) is 14.3. The van der Waals surface area contributed by atoms with Gasteiger partial charge in [0.05, 0.1) is 0 Å². The average molecular weight is 355 g/mol. The van der Waals surface area contributed by atoms with Gasteiger partial charge in [0.1, 0.15) is 11.6 Å². The predicted molar refractivity (Wildman–Crippen MR) is 102 cm³/mol. The molecule has 0 atom stereocenters. The van der Waals surface area contributed by atoms with Crippen molar-refractivity contribution in [2.24, 2.45) is 5.92 Å². The van der Waals surface area contributed by atoms with Gasteiger partial charge in [0.2, 0.25) is 0 Å². The monoisotopic (exact) mass is 355 g/mol. The maximum atomic E-state index is 12.5. The first kappa shape index (κ1) is 20.0. The molecule has 0 spiro atoms. The van der Waals surface area contributed by atoms with E-state index in [1.165, 1.54) is 5.56 Å². The van der Waals surface area contributed by atoms with Gasteiger partial charge in [-0.05, 0) is 44.1 Å². The molecule has 0 radical (unpaired) electrons. The number of hydrogen-bond acceptors (Lipinski definition) is 4. The summed E-state index contributed by atoms with van der Waals surface area (Å²) in [7, 11) is 0. The summed E-state index contributed by atoms with van der Waals surface area (Å²) in [5.74, 6) is 0.440. The molecule has 0 aromatic heterocycles. The van der Waals surface area contributed by atoms with Crippen molar-refractivity contribution in [1.82, 2.24) is 10.2 Å². The fourth-order valence-corrected chi connectivity index (χ4v) is 3.19. The average Bonchev–Trinajstić information content (AvgIpc) is 2.68. The van der Waals surface area contributed by atoms with Gasteiger partial charge in [0.15, 0.2) is 0 Å². The predicted octanol–water partition coefficient (Wildman–Crippen LogP) is 2.89. The highest BCUT2D eigenvalue weighted by Crippen LogP contribution is 2.22. The topological polar surface area (TPSA) is 65.4 Å². The molecule has 5 nitrogen and oxygen atoms in total. The molecule has 0 bridgehead atoms. The fourth-order valence-electron chi connectivity index (χ4n) is 3.19. The van der Waals surface area contributed by atoms with E-state index in [0.29, 0.717) is 25.7 Å². The molecule has 1 aromatic rings. The van der Waals surface area contributed by atoms with Crippen LogP contribution in [-0.2, 0) is 16.0 Å². The Labute approximate surface area is 156 Å². The number of piperidine rings is 1. The molecule has 1 amide bonds. The zero-order valence-electron chi connectivity index (χ0n) is 15.6. The van der Waals surface area contributed by atoms with Crippen LogP contribution in [0.5, 0.6) is 0 Å². The SMILES string of the molecule is CCOCCCN/C=C(/C#N)C(=O)N1CCC(Cc2ccccc2)CC1. The van der Waals surface area contributed by atoms with Gasteiger partial charge >= 0.3 is 0 Å². The van der Waals surface area contributed by atoms with E-state index in [2.05, 4.69) is 29.6 Å². The Morgan fingerprint density at radius 1 is 1.35 bits per heavy atom. The number of rotatable bonds is 9. The first-order valence-corrected chi connectivity index (χ1v) is 9.49. The molecule has 140 valence electrons. The third-order valence-electron chi connectivity index (χ3n) is 4.68. The lowest BCUT2D eigenvalue weighted by Crippen LogP contribution is -2.39. The Hall–Kier alpha value is -2.32. The molecule has 0 saturated carbocycles. The van der Waals surface area contributed by atoms with E-state index < -0.39 is 0 Å². The Bertz CT molecular complexity index is 614. The number of nitrogens with one attached hydrogen (secondary N) is 1. The van der Waals surface area contributed by atoms with E-state index in [9.17, 15) is 10.1 Å². The molecule has 1 saturated heterocycles. The van der Waals surface area contributed by atoms with E-state index in [-0.39, 0.29) is 11.5 Å². The molecule has 1 aliphatic rings. The van der Waals surface area contributed by atoms with Crippen molar-refractivity contribution >= 4 is 5.91 Å². The van der Waals surface area contributed by atoms with Gasteiger partial charge in [-0.25, -0.2) is 0 Å². The number of nitriles is 1. The number of hydrogen-bond donors (Lipinski definition) is 1. The van der Waals surface area contributed by atoms with Crippen LogP contribution in [0.25, 0.3) is 0 Å². The fraction of sp³-hybridized carbons (Fsp3) is 0.524. The largest absolute Gasteiger partial charge is 0.390 e. The standard InChI is InChI=1S/C21H29N3O2/c1-2-26-14-6-11-23-17-20(16-22)21(25)24-12-9-19(10-13-24)15-18-7-4-3-5-8-18/h3-5,7-8,17,19,23H,2,6,9-15H2,1H3/b20-17-. The van der Waals surface area contributed by atoms with Crippen molar-refractivity contribution in [1.29, 1.82) is 5.26 Å². The maximum Gasteiger partial charge on any atom is 0.265 e. The summed E-state index contributed by atoms with van der Waals surface area (Å²) >= 11 is 0. The summed E-state index contributed by atoms with van der Waals surface area (Å²) in [6.45, 7) is 5.49. The van der Waals surface area contributed by atoms with Crippen LogP contribution >= 0.6 is 0 Å². The van der Waals surface area contributed by atoms with Gasteiger partial charge in [0.25, 0.3) is 5.91 Å². The van der Waals surface area contributed by atoms with Gasteiger partial charge in [-0.3, -0.25) is 4.79 Å². The smallest absolute Gasteiger partial charge is 0.265 e. The minimum atomic E-state index is -0.164. The molecule has 26 heavy (non-hydrogen) atoms. The number of carbonyl (C=O) groups is 1. The second-order valence-corrected chi connectivity index (χ2v) is 6.60. The van der Waals surface area contributed by atoms with Gasteiger partial charge < -0.3 is 15.0 Å². The van der Waals surface area contributed by atoms with Crippen molar-refractivity contribution < 1.29 is 9.53 Å². The van der Waals surface area contributed by atoms with Crippen molar-refractivity contribution in [3.05, 3.63) is 47.7 Å². The first-order chi connectivity index (χ1) is 12.7. The molecule has 0 unspecified atom stereocenters. The minimum absolute atomic E-state index is 0.164. The highest BCUT2D eigenvalue weighted by molar-refractivity contribution is 5.97. The van der Waals surface area contributed by atoms with Crippen LogP contribution in [0.1, 0.15) is 31.7 Å². The number of carbonyl (C=O) groups excluding carboxylic acids is 1. The third kappa shape index (κ3) is 6.53. The molecule has 1 aromatic carbocycles. The van der Waals surface area contributed by atoms with Crippen LogP contribution in [0.15, 0.2) is 42.1 Å². The Morgan fingerprint density at radius 2 is 2.08 bits per heavy atom. The molecular formula is C21H29N3O2. The highest BCUT2D eigenvalue weighted by atomic mass is 16.5. The van der Waals surface area contributed by atoms with Crippen LogP contribution < -0.4 is 5.32 Å². The number of likely N-dealkylation sites (tertiary alicyclic amines) is 1. The lowest BCUT2D eigenvalue weighted by atomic mass is 9.90. The van der Waals surface area contributed by atoms with Crippen LogP contribution in [0, 0.1) is 17.2 Å². The molecule has 0 aliphatic carbocycles. The second-order valence-electron chi connectivity index (χ2n) is 6.60. The van der Waals surface area contributed by atoms with E-state index in [4.69, 9.17) is 4.74 Å². The maximum absolute atomic E-state index is 12.5. The zero-order valence-corrected chi connectivity index (χ0v) is 15.6. The zero-order chi connectivity index (χ0) is 18.6. The summed E-state index contributed by atoms with van der Waals surface area (Å²) in [5, 5.41) is 12.3. The van der Waals surface area contributed by atoms with Crippen LogP contribution in [-0.4, -0.2) is 43.7 Å². The van der Waals surface area contributed by atoms with Crippen molar-refractivity contribution in [2.45, 2.75) is 32.6 Å². The van der Waals surface area contributed by atoms with E-state index in [1.54, 1.807) is 11.1 Å². The van der Waals surface area contributed by atoms with E-state index in [0.717, 1.165) is 38.8 Å². The summed E-state index contributed by atoms with van der Waals surface area (Å²) < 4.78 is 5.26. The Balaban J connectivity index is 1.76. The summed E-state index contributed by atoms with van der Waals surface area (Å²) in [6.07, 6.45) is 5.43. The number of nitrogens with zero attached hydrogens (tertiary/aromatic N) is 2. The van der Waals surface area contributed by atoms with E-state index in [1.807, 2.05) is 19.1 Å². The second kappa shape index (κ2) is 11.3. The third-order valence-corrected chi connectivity index (χ3v) is 4.68. The number of amides is 1. The molecule has 1 N–H and O–H groups in total. The summed E-state index contributed by atoms with van der Waals surface area (Å²) in [6, 6.07) is 12.5. The lowest BCUT2D eigenvalue weighted by molar-refractivity contribution is -0.128. The molecule has 1 aliphatic heterocycles. The van der Waals surface area contributed by atoms with Gasteiger partial charge in [-0.2, -0.15) is 5.26 Å².